The largest absolute Gasteiger partial charge is 0.147 e. The summed E-state index contributed by atoms with van der Waals surface area (Å²) in [6.45, 7) is 5.08. The maximum atomic E-state index is 5.98. The Balaban J connectivity index is 0.00000137. The van der Waals surface area contributed by atoms with Gasteiger partial charge >= 0.3 is 197 Å². The van der Waals surface area contributed by atoms with Crippen LogP contribution in [0, 0.1) is 0 Å². The van der Waals surface area contributed by atoms with Gasteiger partial charge in [-0.05, 0) is 0 Å². The van der Waals surface area contributed by atoms with Crippen LogP contribution in [0.2, 0.25) is 13.1 Å². The third kappa shape index (κ3) is 4.20. The van der Waals surface area contributed by atoms with Crippen molar-refractivity contribution in [2.45, 2.75) is 20.3 Å². The Labute approximate surface area is 220 Å². The summed E-state index contributed by atoms with van der Waals surface area (Å²) in [5, 5.41) is 0. The van der Waals surface area contributed by atoms with Crippen LogP contribution in [0.1, 0.15) is 41.0 Å². The van der Waals surface area contributed by atoms with Gasteiger partial charge in [-0.25, -0.2) is 0 Å². The number of benzene rings is 2. The first-order valence-corrected chi connectivity index (χ1v) is 20.1. The van der Waals surface area contributed by atoms with Crippen molar-refractivity contribution >= 4 is 53.5 Å². The SMILES string of the molecule is C[Si](C)=[Zr]([CH]1C(c2ccco2)=Cc2ccccc21)[CH]1C(c2ccco2)=Cc2ccccc21.Cl.Cl. The van der Waals surface area contributed by atoms with E-state index in [-0.39, 0.29) is 24.8 Å². The third-order valence-corrected chi connectivity index (χ3v) is 25.9. The molecule has 172 valence electrons. The molecule has 34 heavy (non-hydrogen) atoms. The van der Waals surface area contributed by atoms with Crippen LogP contribution in [0.15, 0.2) is 94.2 Å². The van der Waals surface area contributed by atoms with Crippen LogP contribution < -0.4 is 0 Å². The van der Waals surface area contributed by atoms with E-state index >= 15 is 0 Å². The van der Waals surface area contributed by atoms with E-state index in [4.69, 9.17) is 8.83 Å². The van der Waals surface area contributed by atoms with Gasteiger partial charge in [-0.3, -0.25) is 0 Å². The van der Waals surface area contributed by atoms with Crippen LogP contribution in [0.5, 0.6) is 0 Å². The van der Waals surface area contributed by atoms with Crippen LogP contribution in [0.4, 0.5) is 0 Å². The first-order valence-electron chi connectivity index (χ1n) is 11.1. The molecule has 0 saturated carbocycles. The number of hydrogen-bond donors (Lipinski definition) is 0. The molecular formula is C28H26Cl2O2SiZr. The van der Waals surface area contributed by atoms with E-state index in [1.165, 1.54) is 33.4 Å². The average Bonchev–Trinajstić information content (AvgIpc) is 3.59. The third-order valence-electron chi connectivity index (χ3n) is 6.67. The summed E-state index contributed by atoms with van der Waals surface area (Å²) in [4.78, 5) is 0. The molecule has 0 N–H and O–H groups in total. The zero-order chi connectivity index (χ0) is 21.7. The number of rotatable bonds is 4. The molecule has 0 amide bonds. The molecule has 2 heterocycles. The minimum absolute atomic E-state index is 0. The Morgan fingerprint density at radius 2 is 1.06 bits per heavy atom. The molecular weight excluding hydrogens is 559 g/mol. The number of furan rings is 2. The second-order valence-electron chi connectivity index (χ2n) is 8.73. The number of fused-ring (bicyclic) bond motifs is 2. The molecule has 2 aliphatic rings. The van der Waals surface area contributed by atoms with Gasteiger partial charge in [0.25, 0.3) is 0 Å². The van der Waals surface area contributed by atoms with Crippen molar-refractivity contribution < 1.29 is 29.2 Å². The Bertz CT molecular complexity index is 1300. The summed E-state index contributed by atoms with van der Waals surface area (Å²) in [5.74, 6) is 2.06. The van der Waals surface area contributed by atoms with Gasteiger partial charge in [0.05, 0.1) is 0 Å². The molecule has 6 heteroatoms. The van der Waals surface area contributed by atoms with Crippen molar-refractivity contribution in [1.29, 1.82) is 0 Å². The summed E-state index contributed by atoms with van der Waals surface area (Å²) < 4.78 is 12.9. The van der Waals surface area contributed by atoms with Gasteiger partial charge in [-0.1, -0.05) is 0 Å². The molecule has 4 aromatic rings. The first kappa shape index (κ1) is 25.3. The van der Waals surface area contributed by atoms with Crippen LogP contribution in [0.25, 0.3) is 23.3 Å². The van der Waals surface area contributed by atoms with E-state index in [2.05, 4.69) is 85.9 Å². The van der Waals surface area contributed by atoms with Crippen molar-refractivity contribution in [2.24, 2.45) is 0 Å². The molecule has 0 bridgehead atoms. The molecule has 0 radical (unpaired) electrons. The topological polar surface area (TPSA) is 26.3 Å². The first-order chi connectivity index (χ1) is 15.7. The normalized spacial score (nSPS) is 17.6. The Morgan fingerprint density at radius 1 is 0.618 bits per heavy atom. The predicted octanol–water partition coefficient (Wildman–Crippen LogP) is 8.48. The number of hydrogen-bond acceptors (Lipinski definition) is 2. The zero-order valence-corrected chi connectivity index (χ0v) is 24.1. The fraction of sp³-hybridized carbons (Fsp3) is 0.143. The van der Waals surface area contributed by atoms with Crippen molar-refractivity contribution in [3.8, 4) is 0 Å². The van der Waals surface area contributed by atoms with Gasteiger partial charge < -0.3 is 0 Å². The molecule has 2 atom stereocenters. The molecule has 2 aliphatic carbocycles. The fourth-order valence-corrected chi connectivity index (χ4v) is 25.2. The van der Waals surface area contributed by atoms with Crippen molar-refractivity contribution in [3.63, 3.8) is 0 Å². The minimum atomic E-state index is -2.23. The number of halogens is 2. The summed E-state index contributed by atoms with van der Waals surface area (Å²) in [5.41, 5.74) is 7.97. The minimum Gasteiger partial charge on any atom is -0.147 e. The molecule has 0 aliphatic heterocycles. The van der Waals surface area contributed by atoms with Gasteiger partial charge in [-0.15, -0.1) is 24.8 Å². The summed E-state index contributed by atoms with van der Waals surface area (Å²) in [6.07, 6.45) is 8.40. The van der Waals surface area contributed by atoms with E-state index in [1.807, 2.05) is 24.7 Å². The molecule has 0 spiro atoms. The van der Waals surface area contributed by atoms with Gasteiger partial charge in [-0.2, -0.15) is 0 Å². The van der Waals surface area contributed by atoms with Crippen molar-refractivity contribution in [1.82, 2.24) is 0 Å². The van der Waals surface area contributed by atoms with Gasteiger partial charge in [0.2, 0.25) is 0 Å². The average molecular weight is 585 g/mol. The second kappa shape index (κ2) is 10.4. The van der Waals surface area contributed by atoms with Crippen LogP contribution in [0.3, 0.4) is 0 Å². The van der Waals surface area contributed by atoms with Crippen LogP contribution in [-0.2, 0) is 20.4 Å². The summed E-state index contributed by atoms with van der Waals surface area (Å²) in [7, 11) is 0. The quantitative estimate of drug-likeness (QED) is 0.225. The Kier molecular flexibility index (Phi) is 7.74. The number of allylic oxidation sites excluding steroid dienone is 2. The monoisotopic (exact) mass is 582 g/mol. The molecule has 2 aromatic carbocycles. The summed E-state index contributed by atoms with van der Waals surface area (Å²) in [6, 6.07) is 26.3. The molecule has 2 nitrogen and oxygen atoms in total. The smallest absolute Gasteiger partial charge is 0.147 e. The zero-order valence-electron chi connectivity index (χ0n) is 19.0. The molecule has 2 unspecified atom stereocenters. The van der Waals surface area contributed by atoms with Gasteiger partial charge in [0.1, 0.15) is 0 Å². The Hall–Kier alpha value is -1.84. The maximum absolute atomic E-state index is 5.98. The predicted molar refractivity (Wildman–Crippen MR) is 144 cm³/mol. The van der Waals surface area contributed by atoms with E-state index in [1.54, 1.807) is 0 Å². The molecule has 0 fully saturated rings. The van der Waals surface area contributed by atoms with Crippen LogP contribution >= 0.6 is 24.8 Å². The van der Waals surface area contributed by atoms with Crippen molar-refractivity contribution in [2.75, 3.05) is 0 Å². The van der Waals surface area contributed by atoms with Gasteiger partial charge in [0.15, 0.2) is 0 Å². The molecule has 2 aromatic heterocycles. The van der Waals surface area contributed by atoms with E-state index < -0.39 is 25.8 Å². The van der Waals surface area contributed by atoms with E-state index in [9.17, 15) is 0 Å². The van der Waals surface area contributed by atoms with Gasteiger partial charge in [0, 0.05) is 0 Å². The standard InChI is InChI=1S/2C13H9O.C2H6Si.2ClH.Zr/c2*1-2-5-11-9-12(8-10(11)4-1)13-6-3-7-14-13;1-3-2;;;/h2*1-9H;1-2H3;2*1H;. The maximum Gasteiger partial charge on any atom is -0.147 e. The summed E-state index contributed by atoms with van der Waals surface area (Å²) >= 11 is -2.23. The Morgan fingerprint density at radius 3 is 1.44 bits per heavy atom. The van der Waals surface area contributed by atoms with Crippen molar-refractivity contribution in [3.05, 3.63) is 119 Å². The van der Waals surface area contributed by atoms with E-state index in [0.29, 0.717) is 7.25 Å². The second-order valence-corrected chi connectivity index (χ2v) is 26.6. The molecule has 6 rings (SSSR count). The molecule has 0 saturated heterocycles. The fourth-order valence-electron chi connectivity index (χ4n) is 5.37. The van der Waals surface area contributed by atoms with E-state index in [0.717, 1.165) is 11.5 Å². The van der Waals surface area contributed by atoms with Crippen LogP contribution in [-0.4, -0.2) is 5.43 Å².